The van der Waals surface area contributed by atoms with E-state index in [4.69, 9.17) is 4.74 Å². The van der Waals surface area contributed by atoms with Crippen molar-refractivity contribution in [2.24, 2.45) is 11.3 Å². The number of rotatable bonds is 6. The molecule has 6 heteroatoms. The van der Waals surface area contributed by atoms with Gasteiger partial charge in [-0.05, 0) is 35.6 Å². The highest BCUT2D eigenvalue weighted by Crippen LogP contribution is 2.30. The molecule has 27 heavy (non-hydrogen) atoms. The summed E-state index contributed by atoms with van der Waals surface area (Å²) in [6.07, 6.45) is 0.971. The van der Waals surface area contributed by atoms with Crippen LogP contribution in [0.15, 0.2) is 42.5 Å². The quantitative estimate of drug-likeness (QED) is 0.818. The lowest BCUT2D eigenvalue weighted by molar-refractivity contribution is -0.142. The van der Waals surface area contributed by atoms with Gasteiger partial charge in [-0.2, -0.15) is 5.26 Å². The molecule has 1 amide bonds. The highest BCUT2D eigenvalue weighted by molar-refractivity contribution is 5.86. The zero-order valence-corrected chi connectivity index (χ0v) is 15.0. The number of carbonyl (C=O) groups excluding carboxylic acids is 1. The molecular formula is C21H22N2O4. The van der Waals surface area contributed by atoms with E-state index in [1.165, 1.54) is 0 Å². The van der Waals surface area contributed by atoms with Gasteiger partial charge in [-0.25, -0.2) is 0 Å². The number of nitrogens with zero attached hydrogens (tertiary/aromatic N) is 1. The van der Waals surface area contributed by atoms with Crippen molar-refractivity contribution in [2.75, 3.05) is 19.8 Å². The molecule has 3 rings (SSSR count). The largest absolute Gasteiger partial charge is 0.481 e. The summed E-state index contributed by atoms with van der Waals surface area (Å²) in [6, 6.07) is 15.8. The Morgan fingerprint density at radius 3 is 2.56 bits per heavy atom. The van der Waals surface area contributed by atoms with Gasteiger partial charge in [0.15, 0.2) is 0 Å². The van der Waals surface area contributed by atoms with Crippen LogP contribution >= 0.6 is 0 Å². The van der Waals surface area contributed by atoms with Crippen LogP contribution in [0.5, 0.6) is 0 Å². The van der Waals surface area contributed by atoms with Crippen molar-refractivity contribution in [1.82, 2.24) is 5.32 Å². The minimum atomic E-state index is -1.12. The Bertz CT molecular complexity index is 881. The van der Waals surface area contributed by atoms with Gasteiger partial charge >= 0.3 is 5.97 Å². The first-order valence-corrected chi connectivity index (χ1v) is 9.02. The van der Waals surface area contributed by atoms with E-state index in [0.717, 1.165) is 16.3 Å². The van der Waals surface area contributed by atoms with Crippen LogP contribution in [0.1, 0.15) is 18.4 Å². The fraction of sp³-hybridized carbons (Fsp3) is 0.381. The summed E-state index contributed by atoms with van der Waals surface area (Å²) in [5.74, 6) is -2.13. The molecule has 0 radical (unpaired) electrons. The molecule has 0 saturated carbocycles. The maximum Gasteiger partial charge on any atom is 0.308 e. The smallest absolute Gasteiger partial charge is 0.308 e. The van der Waals surface area contributed by atoms with E-state index >= 15 is 0 Å². The Balaban J connectivity index is 1.67. The number of nitriles is 1. The lowest BCUT2D eigenvalue weighted by atomic mass is 9.80. The van der Waals surface area contributed by atoms with E-state index in [9.17, 15) is 20.0 Å². The third-order valence-corrected chi connectivity index (χ3v) is 5.15. The molecule has 1 atom stereocenters. The number of hydrogen-bond donors (Lipinski definition) is 2. The van der Waals surface area contributed by atoms with Crippen LogP contribution in [0.2, 0.25) is 0 Å². The van der Waals surface area contributed by atoms with Crippen molar-refractivity contribution in [3.8, 4) is 6.07 Å². The second-order valence-electron chi connectivity index (χ2n) is 6.94. The van der Waals surface area contributed by atoms with Crippen LogP contribution in [-0.2, 0) is 20.7 Å². The number of benzene rings is 2. The molecule has 0 spiro atoms. The van der Waals surface area contributed by atoms with Gasteiger partial charge in [-0.15, -0.1) is 0 Å². The number of carboxylic acids is 1. The average Bonchev–Trinajstić information content (AvgIpc) is 2.71. The summed E-state index contributed by atoms with van der Waals surface area (Å²) < 4.78 is 5.23. The van der Waals surface area contributed by atoms with Gasteiger partial charge in [0.1, 0.15) is 5.41 Å². The minimum absolute atomic E-state index is 0.00865. The minimum Gasteiger partial charge on any atom is -0.481 e. The molecule has 1 fully saturated rings. The summed E-state index contributed by atoms with van der Waals surface area (Å²) in [5, 5.41) is 23.8. The van der Waals surface area contributed by atoms with Gasteiger partial charge < -0.3 is 15.2 Å². The van der Waals surface area contributed by atoms with Crippen molar-refractivity contribution in [3.63, 3.8) is 0 Å². The Kier molecular flexibility index (Phi) is 5.72. The van der Waals surface area contributed by atoms with E-state index in [2.05, 4.69) is 11.4 Å². The van der Waals surface area contributed by atoms with Crippen LogP contribution in [0, 0.1) is 22.7 Å². The number of carboxylic acid groups (broad SMARTS) is 1. The SMILES string of the molecule is N#CC1(C(=O)NCC(Cc2ccc3ccccc3c2)C(=O)O)CCOCC1. The second kappa shape index (κ2) is 8.19. The molecule has 6 nitrogen and oxygen atoms in total. The van der Waals surface area contributed by atoms with Crippen molar-refractivity contribution in [2.45, 2.75) is 19.3 Å². The summed E-state index contributed by atoms with van der Waals surface area (Å²) in [4.78, 5) is 24.2. The van der Waals surface area contributed by atoms with E-state index < -0.39 is 23.2 Å². The van der Waals surface area contributed by atoms with Crippen LogP contribution < -0.4 is 5.32 Å². The standard InChI is InChI=1S/C21H22N2O4/c22-14-21(7-9-27-10-8-21)20(26)23-13-18(19(24)25)12-15-5-6-16-3-1-2-4-17(16)11-15/h1-6,11,18H,7-10,12-13H2,(H,23,26)(H,24,25). The van der Waals surface area contributed by atoms with Crippen LogP contribution in [0.25, 0.3) is 10.8 Å². The Hall–Kier alpha value is -2.91. The zero-order valence-electron chi connectivity index (χ0n) is 15.0. The Morgan fingerprint density at radius 2 is 1.89 bits per heavy atom. The Labute approximate surface area is 157 Å². The van der Waals surface area contributed by atoms with Crippen molar-refractivity contribution < 1.29 is 19.4 Å². The normalized spacial score (nSPS) is 17.0. The predicted octanol–water partition coefficient (Wildman–Crippen LogP) is 2.52. The van der Waals surface area contributed by atoms with Gasteiger partial charge in [0, 0.05) is 19.8 Å². The number of carbonyl (C=O) groups is 2. The van der Waals surface area contributed by atoms with Gasteiger partial charge in [-0.1, -0.05) is 42.5 Å². The molecule has 140 valence electrons. The average molecular weight is 366 g/mol. The third kappa shape index (κ3) is 4.26. The molecule has 1 aliphatic rings. The molecule has 1 unspecified atom stereocenters. The molecule has 2 aromatic rings. The lowest BCUT2D eigenvalue weighted by Gasteiger charge is -2.29. The first-order chi connectivity index (χ1) is 13.0. The van der Waals surface area contributed by atoms with Crippen LogP contribution in [-0.4, -0.2) is 36.7 Å². The van der Waals surface area contributed by atoms with E-state index in [1.807, 2.05) is 42.5 Å². The maximum atomic E-state index is 12.5. The molecule has 2 aromatic carbocycles. The fourth-order valence-electron chi connectivity index (χ4n) is 3.39. The maximum absolute atomic E-state index is 12.5. The van der Waals surface area contributed by atoms with E-state index in [-0.39, 0.29) is 6.54 Å². The monoisotopic (exact) mass is 366 g/mol. The van der Waals surface area contributed by atoms with Gasteiger partial charge in [0.05, 0.1) is 12.0 Å². The molecule has 2 N–H and O–H groups in total. The third-order valence-electron chi connectivity index (χ3n) is 5.15. The van der Waals surface area contributed by atoms with Crippen molar-refractivity contribution in [1.29, 1.82) is 5.26 Å². The van der Waals surface area contributed by atoms with E-state index in [1.54, 1.807) is 0 Å². The number of fused-ring (bicyclic) bond motifs is 1. The Morgan fingerprint density at radius 1 is 1.19 bits per heavy atom. The zero-order chi connectivity index (χ0) is 19.3. The molecule has 0 aromatic heterocycles. The summed E-state index contributed by atoms with van der Waals surface area (Å²) >= 11 is 0. The molecule has 0 bridgehead atoms. The fourth-order valence-corrected chi connectivity index (χ4v) is 3.39. The number of hydrogen-bond acceptors (Lipinski definition) is 4. The van der Waals surface area contributed by atoms with Gasteiger partial charge in [0.2, 0.25) is 5.91 Å². The first kappa shape index (κ1) is 18.9. The summed E-state index contributed by atoms with van der Waals surface area (Å²) in [5.41, 5.74) is -0.221. The topological polar surface area (TPSA) is 99.4 Å². The van der Waals surface area contributed by atoms with E-state index in [0.29, 0.717) is 32.5 Å². The van der Waals surface area contributed by atoms with Crippen molar-refractivity contribution >= 4 is 22.6 Å². The van der Waals surface area contributed by atoms with Crippen molar-refractivity contribution in [3.05, 3.63) is 48.0 Å². The number of aliphatic carboxylic acids is 1. The van der Waals surface area contributed by atoms with Crippen LogP contribution in [0.3, 0.4) is 0 Å². The lowest BCUT2D eigenvalue weighted by Crippen LogP contribution is -2.46. The number of nitrogens with one attached hydrogen (secondary N) is 1. The van der Waals surface area contributed by atoms with Gasteiger partial charge in [0.25, 0.3) is 0 Å². The molecule has 1 aliphatic heterocycles. The molecule has 1 heterocycles. The summed E-state index contributed by atoms with van der Waals surface area (Å²) in [6.45, 7) is 0.714. The molecule has 1 saturated heterocycles. The second-order valence-corrected chi connectivity index (χ2v) is 6.94. The number of amides is 1. The molecular weight excluding hydrogens is 344 g/mol. The van der Waals surface area contributed by atoms with Crippen LogP contribution in [0.4, 0.5) is 0 Å². The highest BCUT2D eigenvalue weighted by atomic mass is 16.5. The van der Waals surface area contributed by atoms with Gasteiger partial charge in [-0.3, -0.25) is 9.59 Å². The first-order valence-electron chi connectivity index (χ1n) is 9.02. The highest BCUT2D eigenvalue weighted by Gasteiger charge is 2.40. The predicted molar refractivity (Wildman–Crippen MR) is 99.9 cm³/mol. The summed E-state index contributed by atoms with van der Waals surface area (Å²) in [7, 11) is 0. The number of ether oxygens (including phenoxy) is 1. The molecule has 0 aliphatic carbocycles.